The van der Waals surface area contributed by atoms with E-state index in [-0.39, 0.29) is 33.5 Å². The third-order valence-electron chi connectivity index (χ3n) is 12.3. The first-order valence-electron chi connectivity index (χ1n) is 19.1. The number of rotatable bonds is 9. The van der Waals surface area contributed by atoms with Crippen LogP contribution in [0.1, 0.15) is 130 Å². The van der Waals surface area contributed by atoms with Gasteiger partial charge in [0.15, 0.2) is 11.6 Å². The summed E-state index contributed by atoms with van der Waals surface area (Å²) in [5.41, 5.74) is 12.3. The number of carboxylic acid groups (broad SMARTS) is 1. The second-order valence-electron chi connectivity index (χ2n) is 15.7. The minimum atomic E-state index is -1.12. The Morgan fingerprint density at radius 2 is 1.64 bits per heavy atom. The van der Waals surface area contributed by atoms with Crippen LogP contribution >= 0.6 is 11.3 Å². The third-order valence-corrected chi connectivity index (χ3v) is 13.5. The standard InChI is InChI=1S/C47H43NO4S/c1-4-5-6-7-11-27-24-42(53-43(27)26-37-44(49)34-19-16-29(46(51)52)23-36(34)45(37)50)28-17-21-41-35(22-28)33-13-10-15-40(33)48(41)30-18-20-32-31-12-8-9-14-38(31)47(2,3)39(32)25-30/h8-9,12,14,16-26,33,40H,4-7,10-11,13,15H2,1-3H3,(H,51,52)/b37-26+. The number of carbonyl (C=O) groups is 3. The second kappa shape index (κ2) is 12.8. The maximum atomic E-state index is 13.5. The monoisotopic (exact) mass is 717 g/mol. The van der Waals surface area contributed by atoms with Gasteiger partial charge in [0.25, 0.3) is 0 Å². The van der Waals surface area contributed by atoms with Gasteiger partial charge in [0.2, 0.25) is 0 Å². The van der Waals surface area contributed by atoms with Crippen molar-refractivity contribution in [2.75, 3.05) is 4.90 Å². The number of ketones is 2. The van der Waals surface area contributed by atoms with Crippen LogP contribution in [0.2, 0.25) is 0 Å². The lowest BCUT2D eigenvalue weighted by Gasteiger charge is -2.29. The Hall–Kier alpha value is -5.07. The van der Waals surface area contributed by atoms with Crippen molar-refractivity contribution in [1.82, 2.24) is 0 Å². The normalized spacial score (nSPS) is 19.8. The van der Waals surface area contributed by atoms with Crippen molar-refractivity contribution in [3.05, 3.63) is 134 Å². The van der Waals surface area contributed by atoms with Gasteiger partial charge in [0, 0.05) is 49.6 Å². The molecule has 6 heteroatoms. The maximum Gasteiger partial charge on any atom is 0.335 e. The summed E-state index contributed by atoms with van der Waals surface area (Å²) < 4.78 is 0. The summed E-state index contributed by atoms with van der Waals surface area (Å²) >= 11 is 1.64. The van der Waals surface area contributed by atoms with Gasteiger partial charge in [-0.15, -0.1) is 11.3 Å². The van der Waals surface area contributed by atoms with E-state index in [1.165, 1.54) is 88.6 Å². The van der Waals surface area contributed by atoms with Gasteiger partial charge in [-0.25, -0.2) is 4.79 Å². The van der Waals surface area contributed by atoms with E-state index < -0.39 is 11.8 Å². The zero-order chi connectivity index (χ0) is 36.6. The lowest BCUT2D eigenvalue weighted by atomic mass is 9.82. The van der Waals surface area contributed by atoms with Gasteiger partial charge in [-0.3, -0.25) is 9.59 Å². The first-order chi connectivity index (χ1) is 25.7. The van der Waals surface area contributed by atoms with Crippen molar-refractivity contribution in [2.24, 2.45) is 0 Å². The van der Waals surface area contributed by atoms with E-state index in [0.29, 0.717) is 12.0 Å². The molecule has 0 spiro atoms. The quantitative estimate of drug-likeness (QED) is 0.0933. The highest BCUT2D eigenvalue weighted by molar-refractivity contribution is 7.16. The van der Waals surface area contributed by atoms with E-state index in [1.807, 2.05) is 0 Å². The fourth-order valence-electron chi connectivity index (χ4n) is 9.55. The van der Waals surface area contributed by atoms with Crippen LogP contribution in [-0.4, -0.2) is 28.7 Å². The van der Waals surface area contributed by atoms with Crippen LogP contribution in [0.4, 0.5) is 11.4 Å². The molecule has 1 fully saturated rings. The predicted octanol–water partition coefficient (Wildman–Crippen LogP) is 11.8. The van der Waals surface area contributed by atoms with Crippen molar-refractivity contribution in [3.8, 4) is 21.6 Å². The number of hydrogen-bond donors (Lipinski definition) is 1. The number of Topliss-reactive ketones (excluding diaryl/α,β-unsaturated/α-hetero) is 2. The van der Waals surface area contributed by atoms with E-state index in [4.69, 9.17) is 0 Å². The number of aromatic carboxylic acids is 1. The number of unbranched alkanes of at least 4 members (excludes halogenated alkanes) is 3. The van der Waals surface area contributed by atoms with Crippen LogP contribution in [-0.2, 0) is 11.8 Å². The molecule has 0 radical (unpaired) electrons. The average Bonchev–Trinajstić information content (AvgIpc) is 3.96. The highest BCUT2D eigenvalue weighted by atomic mass is 32.1. The number of allylic oxidation sites excluding steroid dienone is 1. The van der Waals surface area contributed by atoms with E-state index in [0.717, 1.165) is 41.0 Å². The summed E-state index contributed by atoms with van der Waals surface area (Å²) in [7, 11) is 0. The maximum absolute atomic E-state index is 13.5. The lowest BCUT2D eigenvalue weighted by Crippen LogP contribution is -2.27. The molecule has 4 aromatic carbocycles. The zero-order valence-corrected chi connectivity index (χ0v) is 31.3. The Kier molecular flexibility index (Phi) is 8.15. The number of anilines is 2. The molecule has 53 heavy (non-hydrogen) atoms. The molecule has 3 aliphatic carbocycles. The zero-order valence-electron chi connectivity index (χ0n) is 30.5. The molecule has 1 aliphatic heterocycles. The molecule has 2 atom stereocenters. The molecule has 1 aromatic heterocycles. The van der Waals surface area contributed by atoms with E-state index in [1.54, 1.807) is 17.4 Å². The molecular formula is C47H43NO4S. The number of carbonyl (C=O) groups excluding carboxylic acids is 2. The molecule has 1 N–H and O–H groups in total. The van der Waals surface area contributed by atoms with Crippen molar-refractivity contribution >= 4 is 46.3 Å². The minimum Gasteiger partial charge on any atom is -0.478 e. The Labute approximate surface area is 315 Å². The van der Waals surface area contributed by atoms with Crippen LogP contribution in [0.15, 0.2) is 90.5 Å². The Morgan fingerprint density at radius 1 is 0.849 bits per heavy atom. The average molecular weight is 718 g/mol. The van der Waals surface area contributed by atoms with Crippen LogP contribution in [0, 0.1) is 0 Å². The summed E-state index contributed by atoms with van der Waals surface area (Å²) in [6.07, 6.45) is 10.7. The first-order valence-corrected chi connectivity index (χ1v) is 20.0. The molecule has 5 nitrogen and oxygen atoms in total. The van der Waals surface area contributed by atoms with Crippen LogP contribution in [0.5, 0.6) is 0 Å². The Balaban J connectivity index is 1.08. The van der Waals surface area contributed by atoms with Gasteiger partial charge >= 0.3 is 5.97 Å². The number of thiophene rings is 1. The molecule has 2 heterocycles. The summed E-state index contributed by atoms with van der Waals surface area (Å²) in [6.45, 7) is 6.90. The van der Waals surface area contributed by atoms with Crippen LogP contribution in [0.3, 0.4) is 0 Å². The van der Waals surface area contributed by atoms with Crippen molar-refractivity contribution in [3.63, 3.8) is 0 Å². The summed E-state index contributed by atoms with van der Waals surface area (Å²) in [5.74, 6) is -1.38. The molecule has 266 valence electrons. The van der Waals surface area contributed by atoms with E-state index >= 15 is 0 Å². The molecule has 0 amide bonds. The number of fused-ring (bicyclic) bond motifs is 7. The van der Waals surface area contributed by atoms with Crippen LogP contribution < -0.4 is 4.90 Å². The van der Waals surface area contributed by atoms with Gasteiger partial charge < -0.3 is 10.0 Å². The largest absolute Gasteiger partial charge is 0.478 e. The van der Waals surface area contributed by atoms with E-state index in [2.05, 4.69) is 92.4 Å². The van der Waals surface area contributed by atoms with Crippen molar-refractivity contribution in [2.45, 2.75) is 89.5 Å². The smallest absolute Gasteiger partial charge is 0.335 e. The highest BCUT2D eigenvalue weighted by Crippen LogP contribution is 2.55. The Bertz CT molecular complexity index is 2400. The van der Waals surface area contributed by atoms with Crippen molar-refractivity contribution < 1.29 is 19.5 Å². The number of aryl methyl sites for hydroxylation is 1. The minimum absolute atomic E-state index is 0.00596. The molecule has 4 aliphatic rings. The molecule has 0 saturated heterocycles. The molecule has 0 bridgehead atoms. The number of benzene rings is 4. The van der Waals surface area contributed by atoms with Crippen molar-refractivity contribution in [1.29, 1.82) is 0 Å². The fourth-order valence-corrected chi connectivity index (χ4v) is 10.7. The van der Waals surface area contributed by atoms with Crippen LogP contribution in [0.25, 0.3) is 27.6 Å². The number of nitrogens with zero attached hydrogens (tertiary/aromatic N) is 1. The second-order valence-corrected chi connectivity index (χ2v) is 16.8. The lowest BCUT2D eigenvalue weighted by molar-refractivity contribution is 0.0696. The van der Waals surface area contributed by atoms with Gasteiger partial charge in [0.1, 0.15) is 0 Å². The SMILES string of the molecule is CCCCCCc1cc(-c2ccc3c(c2)C2CCCC2N3c2ccc3c(c2)C(C)(C)c2ccccc2-3)sc1/C=C1\C(=O)c2ccc(C(=O)O)cc2C1=O. The molecule has 5 aromatic rings. The molecule has 1 saturated carbocycles. The first kappa shape index (κ1) is 33.7. The molecular weight excluding hydrogens is 675 g/mol. The predicted molar refractivity (Wildman–Crippen MR) is 214 cm³/mol. The van der Waals surface area contributed by atoms with Gasteiger partial charge in [-0.2, -0.15) is 0 Å². The topological polar surface area (TPSA) is 74.7 Å². The fraction of sp³-hybridized carbons (Fsp3) is 0.298. The van der Waals surface area contributed by atoms with E-state index in [9.17, 15) is 19.5 Å². The van der Waals surface area contributed by atoms with Gasteiger partial charge in [0.05, 0.1) is 11.1 Å². The Morgan fingerprint density at radius 3 is 2.47 bits per heavy atom. The van der Waals surface area contributed by atoms with Gasteiger partial charge in [-0.05, 0) is 119 Å². The van der Waals surface area contributed by atoms with Gasteiger partial charge in [-0.1, -0.05) is 82.9 Å². The molecule has 2 unspecified atom stereocenters. The third kappa shape index (κ3) is 5.36. The molecule has 9 rings (SSSR count). The number of hydrogen-bond acceptors (Lipinski definition) is 5. The summed E-state index contributed by atoms with van der Waals surface area (Å²) in [4.78, 5) is 43.3. The number of carboxylic acids is 1. The summed E-state index contributed by atoms with van der Waals surface area (Å²) in [5, 5.41) is 9.49. The highest BCUT2D eigenvalue weighted by Gasteiger charge is 2.43. The summed E-state index contributed by atoms with van der Waals surface area (Å²) in [6, 6.07) is 29.8.